The maximum atomic E-state index is 14.0. The van der Waals surface area contributed by atoms with Crippen LogP contribution in [0.15, 0.2) is 73.8 Å². The standard InChI is InChI=1S/C24H19BrCl2N6O5S/c1-24(10-13-2-4-14(25)5-3-13)21(35)32(18-7-15(26)6-16(27)8-18)23-28-12-20(33(23)24)39(37,38)29-11-17-9-19(34)31-22(36)30-17/h2-9,12,29H,10-11H2,1H3,(H2,30,31,34,36)/t24-/m1/s1. The zero-order valence-corrected chi connectivity index (χ0v) is 23.9. The van der Waals surface area contributed by atoms with Crippen molar-refractivity contribution in [3.8, 4) is 0 Å². The third kappa shape index (κ3) is 5.20. The summed E-state index contributed by atoms with van der Waals surface area (Å²) in [6.07, 6.45) is 1.28. The first-order valence-electron chi connectivity index (χ1n) is 11.3. The van der Waals surface area contributed by atoms with E-state index in [1.165, 1.54) is 27.7 Å². The van der Waals surface area contributed by atoms with Crippen molar-refractivity contribution in [2.75, 3.05) is 4.90 Å². The lowest BCUT2D eigenvalue weighted by atomic mass is 9.92. The quantitative estimate of drug-likeness (QED) is 0.278. The number of hydrogen-bond acceptors (Lipinski definition) is 6. The van der Waals surface area contributed by atoms with Gasteiger partial charge < -0.3 is 4.98 Å². The van der Waals surface area contributed by atoms with Crippen molar-refractivity contribution in [2.45, 2.75) is 30.5 Å². The van der Waals surface area contributed by atoms with E-state index >= 15 is 0 Å². The van der Waals surface area contributed by atoms with Crippen LogP contribution in [0.5, 0.6) is 0 Å². The van der Waals surface area contributed by atoms with Crippen LogP contribution < -0.4 is 20.9 Å². The van der Waals surface area contributed by atoms with Gasteiger partial charge in [-0.3, -0.25) is 19.1 Å². The molecule has 15 heteroatoms. The first-order chi connectivity index (χ1) is 18.4. The van der Waals surface area contributed by atoms with Gasteiger partial charge in [0.15, 0.2) is 5.03 Å². The minimum atomic E-state index is -4.30. The van der Waals surface area contributed by atoms with Gasteiger partial charge in [0.25, 0.3) is 21.5 Å². The molecule has 0 aliphatic carbocycles. The molecule has 5 rings (SSSR count). The van der Waals surface area contributed by atoms with E-state index in [-0.39, 0.29) is 39.7 Å². The summed E-state index contributed by atoms with van der Waals surface area (Å²) in [6.45, 7) is 1.24. The number of carbonyl (C=O) groups is 1. The van der Waals surface area contributed by atoms with E-state index in [1.807, 2.05) is 29.2 Å². The topological polar surface area (TPSA) is 150 Å². The van der Waals surface area contributed by atoms with Crippen LogP contribution in [0, 0.1) is 0 Å². The Balaban J connectivity index is 1.61. The van der Waals surface area contributed by atoms with Gasteiger partial charge >= 0.3 is 5.69 Å². The van der Waals surface area contributed by atoms with E-state index in [0.29, 0.717) is 5.69 Å². The number of hydrogen-bond donors (Lipinski definition) is 3. The normalized spacial score (nSPS) is 17.0. The van der Waals surface area contributed by atoms with Crippen LogP contribution in [-0.2, 0) is 33.3 Å². The molecule has 3 heterocycles. The fraction of sp³-hybridized carbons (Fsp3) is 0.167. The molecule has 1 amide bonds. The van der Waals surface area contributed by atoms with Crippen molar-refractivity contribution in [1.82, 2.24) is 24.2 Å². The Morgan fingerprint density at radius 3 is 2.33 bits per heavy atom. The monoisotopic (exact) mass is 652 g/mol. The van der Waals surface area contributed by atoms with Gasteiger partial charge in [0.1, 0.15) is 5.54 Å². The number of carbonyl (C=O) groups excluding carboxylic acids is 1. The Hall–Kier alpha value is -3.23. The zero-order valence-electron chi connectivity index (χ0n) is 20.0. The van der Waals surface area contributed by atoms with Crippen LogP contribution in [0.2, 0.25) is 10.0 Å². The molecule has 0 saturated carbocycles. The fourth-order valence-electron chi connectivity index (χ4n) is 4.48. The number of halogens is 3. The predicted octanol–water partition coefficient (Wildman–Crippen LogP) is 3.44. The highest BCUT2D eigenvalue weighted by Gasteiger charge is 2.51. The van der Waals surface area contributed by atoms with Crippen molar-refractivity contribution in [3.63, 3.8) is 0 Å². The second kappa shape index (κ2) is 10.1. The van der Waals surface area contributed by atoms with Gasteiger partial charge in [-0.1, -0.05) is 51.3 Å². The molecule has 1 atom stereocenters. The molecule has 2 aromatic carbocycles. The van der Waals surface area contributed by atoms with E-state index in [9.17, 15) is 22.8 Å². The molecule has 11 nitrogen and oxygen atoms in total. The summed E-state index contributed by atoms with van der Waals surface area (Å²) in [6, 6.07) is 12.9. The van der Waals surface area contributed by atoms with Gasteiger partial charge in [0, 0.05) is 32.7 Å². The number of nitrogens with zero attached hydrogens (tertiary/aromatic N) is 3. The first-order valence-corrected chi connectivity index (χ1v) is 14.4. The number of anilines is 2. The number of aromatic nitrogens is 4. The Labute approximate surface area is 240 Å². The van der Waals surface area contributed by atoms with E-state index in [4.69, 9.17) is 23.2 Å². The Morgan fingerprint density at radius 1 is 1.03 bits per heavy atom. The van der Waals surface area contributed by atoms with Crippen LogP contribution in [0.25, 0.3) is 0 Å². The molecule has 0 spiro atoms. The Bertz CT molecular complexity index is 1790. The van der Waals surface area contributed by atoms with Crippen molar-refractivity contribution in [1.29, 1.82) is 0 Å². The van der Waals surface area contributed by atoms with Gasteiger partial charge in [-0.05, 0) is 42.8 Å². The summed E-state index contributed by atoms with van der Waals surface area (Å²) in [5.41, 5.74) is -1.72. The lowest BCUT2D eigenvalue weighted by Gasteiger charge is -2.26. The summed E-state index contributed by atoms with van der Waals surface area (Å²) < 4.78 is 31.6. The van der Waals surface area contributed by atoms with Crippen LogP contribution in [0.4, 0.5) is 11.6 Å². The van der Waals surface area contributed by atoms with Crippen molar-refractivity contribution in [2.24, 2.45) is 0 Å². The molecule has 39 heavy (non-hydrogen) atoms. The summed E-state index contributed by atoms with van der Waals surface area (Å²) in [5.74, 6) is -0.384. The molecule has 0 saturated heterocycles. The summed E-state index contributed by atoms with van der Waals surface area (Å²) >= 11 is 15.8. The number of amides is 1. The maximum absolute atomic E-state index is 14.0. The SMILES string of the molecule is C[C@@]1(Cc2ccc(Br)cc2)C(=O)N(c2cc(Cl)cc(Cl)c2)c2ncc(S(=O)(=O)NCc3cc(=O)[nH]c(=O)[nH]3)n21. The van der Waals surface area contributed by atoms with Crippen LogP contribution in [-0.4, -0.2) is 33.8 Å². The molecule has 0 fully saturated rings. The van der Waals surface area contributed by atoms with Crippen LogP contribution in [0.1, 0.15) is 18.2 Å². The minimum Gasteiger partial charge on any atom is -0.310 e. The van der Waals surface area contributed by atoms with Gasteiger partial charge in [-0.25, -0.2) is 27.8 Å². The average molecular weight is 654 g/mol. The summed E-state index contributed by atoms with van der Waals surface area (Å²) in [7, 11) is -4.30. The van der Waals surface area contributed by atoms with E-state index in [0.717, 1.165) is 22.3 Å². The van der Waals surface area contributed by atoms with Gasteiger partial charge in [-0.2, -0.15) is 0 Å². The number of fused-ring (bicyclic) bond motifs is 1. The Kier molecular flexibility index (Phi) is 7.06. The molecule has 1 aliphatic heterocycles. The van der Waals surface area contributed by atoms with Crippen molar-refractivity contribution < 1.29 is 13.2 Å². The maximum Gasteiger partial charge on any atom is 0.325 e. The summed E-state index contributed by atoms with van der Waals surface area (Å²) in [5, 5.41) is 0.283. The second-order valence-electron chi connectivity index (χ2n) is 9.01. The first kappa shape index (κ1) is 27.3. The van der Waals surface area contributed by atoms with Gasteiger partial charge in [0.05, 0.1) is 18.4 Å². The molecular weight excluding hydrogens is 635 g/mol. The number of H-pyrrole nitrogens is 2. The average Bonchev–Trinajstić information content (AvgIpc) is 3.37. The molecule has 0 radical (unpaired) electrons. The fourth-order valence-corrected chi connectivity index (χ4v) is 6.47. The van der Waals surface area contributed by atoms with Gasteiger partial charge in [-0.15, -0.1) is 0 Å². The molecule has 3 N–H and O–H groups in total. The third-order valence-corrected chi connectivity index (χ3v) is 8.51. The number of aromatic amines is 2. The number of rotatable bonds is 7. The highest BCUT2D eigenvalue weighted by molar-refractivity contribution is 9.10. The van der Waals surface area contributed by atoms with Crippen molar-refractivity contribution >= 4 is 66.7 Å². The van der Waals surface area contributed by atoms with E-state index < -0.39 is 32.7 Å². The second-order valence-corrected chi connectivity index (χ2v) is 12.5. The smallest absolute Gasteiger partial charge is 0.310 e. The lowest BCUT2D eigenvalue weighted by Crippen LogP contribution is -2.42. The Morgan fingerprint density at radius 2 is 1.69 bits per heavy atom. The number of sulfonamides is 1. The molecule has 2 aromatic heterocycles. The van der Waals surface area contributed by atoms with Crippen LogP contribution >= 0.6 is 39.1 Å². The largest absolute Gasteiger partial charge is 0.325 e. The van der Waals surface area contributed by atoms with Crippen LogP contribution in [0.3, 0.4) is 0 Å². The van der Waals surface area contributed by atoms with Crippen molar-refractivity contribution in [3.05, 3.63) is 101 Å². The zero-order chi connectivity index (χ0) is 28.1. The summed E-state index contributed by atoms with van der Waals surface area (Å²) in [4.78, 5) is 47.2. The number of imidazole rings is 1. The van der Waals surface area contributed by atoms with Gasteiger partial charge in [0.2, 0.25) is 5.95 Å². The van der Waals surface area contributed by atoms with E-state index in [1.54, 1.807) is 6.92 Å². The lowest BCUT2D eigenvalue weighted by molar-refractivity contribution is -0.124. The number of nitrogens with one attached hydrogen (secondary N) is 3. The molecular formula is C24H19BrCl2N6O5S. The molecule has 1 aliphatic rings. The van der Waals surface area contributed by atoms with E-state index in [2.05, 4.69) is 30.6 Å². The highest BCUT2D eigenvalue weighted by atomic mass is 79.9. The third-order valence-electron chi connectivity index (χ3n) is 6.18. The molecule has 4 aromatic rings. The predicted molar refractivity (Wildman–Crippen MR) is 149 cm³/mol. The highest BCUT2D eigenvalue weighted by Crippen LogP contribution is 2.44. The molecule has 0 unspecified atom stereocenters. The minimum absolute atomic E-state index is 0.0531. The molecule has 0 bridgehead atoms. The molecule has 202 valence electrons. The number of benzene rings is 2.